The average Bonchev–Trinajstić information content (AvgIpc) is 2.51. The number of nitrogens with zero attached hydrogens (tertiary/aromatic N) is 4. The summed E-state index contributed by atoms with van der Waals surface area (Å²) in [6.07, 6.45) is 0. The zero-order chi connectivity index (χ0) is 16.8. The molecule has 0 aromatic rings. The second-order valence-corrected chi connectivity index (χ2v) is 7.01. The Labute approximate surface area is 141 Å². The van der Waals surface area contributed by atoms with Gasteiger partial charge in [-0.3, -0.25) is 14.6 Å². The number of carbonyl (C=O) groups is 1. The van der Waals surface area contributed by atoms with Crippen LogP contribution in [0, 0.1) is 0 Å². The number of amides is 1. The molecule has 1 amide bonds. The normalized spacial score (nSPS) is 28.3. The molecule has 2 saturated heterocycles. The Morgan fingerprint density at radius 1 is 1.09 bits per heavy atom. The molecule has 23 heavy (non-hydrogen) atoms. The lowest BCUT2D eigenvalue weighted by atomic mass is 10.1. The van der Waals surface area contributed by atoms with Gasteiger partial charge in [0.1, 0.15) is 0 Å². The third-order valence-electron chi connectivity index (χ3n) is 5.11. The van der Waals surface area contributed by atoms with Crippen LogP contribution in [0.1, 0.15) is 20.8 Å². The Morgan fingerprint density at radius 3 is 2.26 bits per heavy atom. The van der Waals surface area contributed by atoms with Crippen molar-refractivity contribution in [1.29, 1.82) is 0 Å². The van der Waals surface area contributed by atoms with Crippen molar-refractivity contribution < 1.29 is 9.53 Å². The quantitative estimate of drug-likeness (QED) is 0.652. The van der Waals surface area contributed by atoms with Crippen LogP contribution in [-0.2, 0) is 9.53 Å². The number of likely N-dealkylation sites (N-methyl/N-ethyl adjacent to an activating group) is 1. The Kier molecular flexibility index (Phi) is 7.27. The topological polar surface area (TPSA) is 39.3 Å². The first kappa shape index (κ1) is 18.6. The summed E-state index contributed by atoms with van der Waals surface area (Å²) in [4.78, 5) is 21.7. The summed E-state index contributed by atoms with van der Waals surface area (Å²) in [5.41, 5.74) is 0. The summed E-state index contributed by atoms with van der Waals surface area (Å²) in [5.74, 6) is 0.291. The first-order valence-electron chi connectivity index (χ1n) is 9.03. The van der Waals surface area contributed by atoms with Crippen molar-refractivity contribution in [3.8, 4) is 0 Å². The predicted octanol–water partition coefficient (Wildman–Crippen LogP) is 0.192. The molecule has 0 aromatic heterocycles. The molecule has 0 aliphatic carbocycles. The van der Waals surface area contributed by atoms with E-state index in [1.807, 2.05) is 11.8 Å². The van der Waals surface area contributed by atoms with Crippen LogP contribution < -0.4 is 0 Å². The SMILES string of the molecule is CCOCCN1CC(C)N(CC(=O)N2CCN(C)CC2)C(C)C1. The molecule has 0 radical (unpaired) electrons. The van der Waals surface area contributed by atoms with E-state index in [4.69, 9.17) is 4.74 Å². The number of piperazine rings is 2. The Balaban J connectivity index is 1.80. The summed E-state index contributed by atoms with van der Waals surface area (Å²) in [6.45, 7) is 15.4. The third kappa shape index (κ3) is 5.41. The minimum atomic E-state index is 0.291. The van der Waals surface area contributed by atoms with Crippen molar-refractivity contribution in [2.45, 2.75) is 32.9 Å². The molecule has 6 nitrogen and oxygen atoms in total. The maximum absolute atomic E-state index is 12.6. The van der Waals surface area contributed by atoms with E-state index in [1.165, 1.54) is 0 Å². The van der Waals surface area contributed by atoms with E-state index in [1.54, 1.807) is 0 Å². The van der Waals surface area contributed by atoms with E-state index in [2.05, 4.69) is 35.6 Å². The van der Waals surface area contributed by atoms with Gasteiger partial charge in [0.05, 0.1) is 13.2 Å². The van der Waals surface area contributed by atoms with E-state index in [0.29, 0.717) is 24.5 Å². The molecule has 2 heterocycles. The molecule has 2 aliphatic rings. The smallest absolute Gasteiger partial charge is 0.236 e. The molecule has 2 aliphatic heterocycles. The van der Waals surface area contributed by atoms with Crippen LogP contribution >= 0.6 is 0 Å². The number of ether oxygens (including phenoxy) is 1. The first-order valence-corrected chi connectivity index (χ1v) is 9.03. The minimum absolute atomic E-state index is 0.291. The van der Waals surface area contributed by atoms with Gasteiger partial charge in [-0.25, -0.2) is 0 Å². The van der Waals surface area contributed by atoms with Crippen LogP contribution in [0.2, 0.25) is 0 Å². The highest BCUT2D eigenvalue weighted by Crippen LogP contribution is 2.16. The van der Waals surface area contributed by atoms with Gasteiger partial charge in [-0.05, 0) is 27.8 Å². The largest absolute Gasteiger partial charge is 0.380 e. The molecule has 134 valence electrons. The Bertz CT molecular complexity index is 360. The standard InChI is InChI=1S/C17H34N4O2/c1-5-23-11-10-19-12-15(2)21(16(3)13-19)14-17(22)20-8-6-18(4)7-9-20/h15-16H,5-14H2,1-4H3. The van der Waals surface area contributed by atoms with Gasteiger partial charge in [0.2, 0.25) is 5.91 Å². The van der Waals surface area contributed by atoms with Gasteiger partial charge in [0, 0.05) is 64.5 Å². The number of carbonyl (C=O) groups excluding carboxylic acids is 1. The van der Waals surface area contributed by atoms with Crippen LogP contribution in [0.4, 0.5) is 0 Å². The zero-order valence-corrected chi connectivity index (χ0v) is 15.3. The molecule has 2 fully saturated rings. The van der Waals surface area contributed by atoms with Gasteiger partial charge in [-0.1, -0.05) is 0 Å². The number of rotatable bonds is 6. The van der Waals surface area contributed by atoms with Crippen molar-refractivity contribution in [2.24, 2.45) is 0 Å². The lowest BCUT2D eigenvalue weighted by Gasteiger charge is -2.45. The molecular weight excluding hydrogens is 292 g/mol. The lowest BCUT2D eigenvalue weighted by Crippen LogP contribution is -2.60. The second kappa shape index (κ2) is 8.97. The van der Waals surface area contributed by atoms with Gasteiger partial charge in [0.25, 0.3) is 0 Å². The van der Waals surface area contributed by atoms with Crippen molar-refractivity contribution in [3.05, 3.63) is 0 Å². The van der Waals surface area contributed by atoms with Crippen LogP contribution in [-0.4, -0.2) is 110 Å². The maximum Gasteiger partial charge on any atom is 0.236 e. The maximum atomic E-state index is 12.6. The Hall–Kier alpha value is -0.690. The predicted molar refractivity (Wildman–Crippen MR) is 92.6 cm³/mol. The van der Waals surface area contributed by atoms with Gasteiger partial charge in [0.15, 0.2) is 0 Å². The molecule has 6 heteroatoms. The summed E-state index contributed by atoms with van der Waals surface area (Å²) in [6, 6.07) is 0.827. The highest BCUT2D eigenvalue weighted by atomic mass is 16.5. The van der Waals surface area contributed by atoms with Gasteiger partial charge < -0.3 is 14.5 Å². The fourth-order valence-electron chi connectivity index (χ4n) is 3.61. The summed E-state index contributed by atoms with van der Waals surface area (Å²) in [5, 5.41) is 0. The number of hydrogen-bond donors (Lipinski definition) is 0. The molecule has 0 saturated carbocycles. The van der Waals surface area contributed by atoms with Crippen LogP contribution in [0.25, 0.3) is 0 Å². The summed E-state index contributed by atoms with van der Waals surface area (Å²) >= 11 is 0. The first-order chi connectivity index (χ1) is 11.0. The summed E-state index contributed by atoms with van der Waals surface area (Å²) in [7, 11) is 2.12. The molecule has 2 rings (SSSR count). The van der Waals surface area contributed by atoms with Crippen molar-refractivity contribution >= 4 is 5.91 Å². The van der Waals surface area contributed by atoms with E-state index < -0.39 is 0 Å². The third-order valence-corrected chi connectivity index (χ3v) is 5.11. The fourth-order valence-corrected chi connectivity index (χ4v) is 3.61. The average molecular weight is 326 g/mol. The molecule has 0 spiro atoms. The second-order valence-electron chi connectivity index (χ2n) is 7.01. The van der Waals surface area contributed by atoms with E-state index in [9.17, 15) is 4.79 Å². The van der Waals surface area contributed by atoms with E-state index in [-0.39, 0.29) is 0 Å². The molecule has 0 N–H and O–H groups in total. The van der Waals surface area contributed by atoms with Gasteiger partial charge in [-0.15, -0.1) is 0 Å². The van der Waals surface area contributed by atoms with E-state index >= 15 is 0 Å². The van der Waals surface area contributed by atoms with E-state index in [0.717, 1.165) is 59.0 Å². The minimum Gasteiger partial charge on any atom is -0.380 e. The molecule has 2 atom stereocenters. The monoisotopic (exact) mass is 326 g/mol. The van der Waals surface area contributed by atoms with Crippen LogP contribution in [0.5, 0.6) is 0 Å². The molecule has 0 aromatic carbocycles. The van der Waals surface area contributed by atoms with Crippen LogP contribution in [0.15, 0.2) is 0 Å². The molecular formula is C17H34N4O2. The lowest BCUT2D eigenvalue weighted by molar-refractivity contribution is -0.136. The highest BCUT2D eigenvalue weighted by Gasteiger charge is 2.32. The zero-order valence-electron chi connectivity index (χ0n) is 15.3. The molecule has 0 bridgehead atoms. The summed E-state index contributed by atoms with van der Waals surface area (Å²) < 4.78 is 5.47. The Morgan fingerprint density at radius 2 is 1.70 bits per heavy atom. The van der Waals surface area contributed by atoms with Crippen LogP contribution in [0.3, 0.4) is 0 Å². The van der Waals surface area contributed by atoms with Gasteiger partial charge in [-0.2, -0.15) is 0 Å². The van der Waals surface area contributed by atoms with Crippen molar-refractivity contribution in [2.75, 3.05) is 72.6 Å². The highest BCUT2D eigenvalue weighted by molar-refractivity contribution is 5.78. The number of hydrogen-bond acceptors (Lipinski definition) is 5. The fraction of sp³-hybridized carbons (Fsp3) is 0.941. The molecule has 2 unspecified atom stereocenters. The van der Waals surface area contributed by atoms with Crippen molar-refractivity contribution in [1.82, 2.24) is 19.6 Å². The van der Waals surface area contributed by atoms with Crippen molar-refractivity contribution in [3.63, 3.8) is 0 Å². The van der Waals surface area contributed by atoms with Gasteiger partial charge >= 0.3 is 0 Å².